The van der Waals surface area contributed by atoms with Gasteiger partial charge in [-0.15, -0.1) is 0 Å². The summed E-state index contributed by atoms with van der Waals surface area (Å²) in [5, 5.41) is 8.49. The molecule has 0 aromatic heterocycles. The monoisotopic (exact) mass is 147 g/mol. The number of rotatable bonds is 1. The third-order valence-electron chi connectivity index (χ3n) is 1.78. The molecule has 0 amide bonds. The van der Waals surface area contributed by atoms with Gasteiger partial charge < -0.3 is 5.11 Å². The molecule has 1 heterocycles. The fourth-order valence-electron chi connectivity index (χ4n) is 1.23. The first-order valence-electron chi connectivity index (χ1n) is 3.18. The molecular weight excluding hydrogens is 137 g/mol. The lowest BCUT2D eigenvalue weighted by molar-refractivity contribution is -0.141. The van der Waals surface area contributed by atoms with Crippen molar-refractivity contribution in [2.45, 2.75) is 18.6 Å². The standard InChI is InChI=1S/C6H10FNO2/c1-8-3-4(7)2-5(8)6(9)10/h4-5H,2-3H2,1H3,(H,9,10)/t4-,5-/m1/s1. The number of hydrogen-bond donors (Lipinski definition) is 1. The van der Waals surface area contributed by atoms with Gasteiger partial charge in [0.05, 0.1) is 0 Å². The van der Waals surface area contributed by atoms with Gasteiger partial charge in [0.25, 0.3) is 0 Å². The average Bonchev–Trinajstić information content (AvgIpc) is 2.10. The fourth-order valence-corrected chi connectivity index (χ4v) is 1.23. The molecule has 1 aliphatic rings. The molecule has 4 heteroatoms. The topological polar surface area (TPSA) is 40.5 Å². The summed E-state index contributed by atoms with van der Waals surface area (Å²) in [6, 6.07) is -0.616. The van der Waals surface area contributed by atoms with Crippen molar-refractivity contribution >= 4 is 5.97 Å². The minimum atomic E-state index is -0.967. The van der Waals surface area contributed by atoms with Crippen LogP contribution in [0.1, 0.15) is 6.42 Å². The number of carboxylic acids is 1. The summed E-state index contributed by atoms with van der Waals surface area (Å²) in [7, 11) is 1.62. The van der Waals surface area contributed by atoms with Gasteiger partial charge in [0, 0.05) is 13.0 Å². The Labute approximate surface area is 58.4 Å². The van der Waals surface area contributed by atoms with Gasteiger partial charge in [0.1, 0.15) is 12.2 Å². The molecule has 1 fully saturated rings. The van der Waals surface area contributed by atoms with Gasteiger partial charge in [0.15, 0.2) is 0 Å². The van der Waals surface area contributed by atoms with Crippen molar-refractivity contribution < 1.29 is 14.3 Å². The second-order valence-electron chi connectivity index (χ2n) is 2.63. The van der Waals surface area contributed by atoms with Crippen LogP contribution in [0.15, 0.2) is 0 Å². The summed E-state index contributed by atoms with van der Waals surface area (Å²) in [5.74, 6) is -0.928. The maximum atomic E-state index is 12.5. The van der Waals surface area contributed by atoms with Gasteiger partial charge in [-0.2, -0.15) is 0 Å². The van der Waals surface area contributed by atoms with E-state index in [1.165, 1.54) is 4.90 Å². The molecular formula is C6H10FNO2. The Hall–Kier alpha value is -0.640. The lowest BCUT2D eigenvalue weighted by atomic mass is 10.2. The van der Waals surface area contributed by atoms with Crippen molar-refractivity contribution in [1.29, 1.82) is 0 Å². The highest BCUT2D eigenvalue weighted by molar-refractivity contribution is 5.73. The number of nitrogens with zero attached hydrogens (tertiary/aromatic N) is 1. The van der Waals surface area contributed by atoms with E-state index in [1.807, 2.05) is 0 Å². The number of hydrogen-bond acceptors (Lipinski definition) is 2. The molecule has 1 aliphatic heterocycles. The Balaban J connectivity index is 2.54. The summed E-state index contributed by atoms with van der Waals surface area (Å²) in [6.45, 7) is 0.247. The summed E-state index contributed by atoms with van der Waals surface area (Å²) < 4.78 is 12.5. The Morgan fingerprint density at radius 2 is 2.40 bits per heavy atom. The van der Waals surface area contributed by atoms with Gasteiger partial charge >= 0.3 is 5.97 Å². The van der Waals surface area contributed by atoms with Crippen molar-refractivity contribution in [3.05, 3.63) is 0 Å². The van der Waals surface area contributed by atoms with E-state index in [0.717, 1.165) is 0 Å². The number of likely N-dealkylation sites (N-methyl/N-ethyl adjacent to an activating group) is 1. The largest absolute Gasteiger partial charge is 0.480 e. The van der Waals surface area contributed by atoms with Crippen LogP contribution < -0.4 is 0 Å². The average molecular weight is 147 g/mol. The van der Waals surface area contributed by atoms with E-state index in [0.29, 0.717) is 0 Å². The molecule has 10 heavy (non-hydrogen) atoms. The molecule has 0 bridgehead atoms. The van der Waals surface area contributed by atoms with E-state index in [4.69, 9.17) is 5.11 Å². The zero-order chi connectivity index (χ0) is 7.72. The van der Waals surface area contributed by atoms with Crippen molar-refractivity contribution in [2.24, 2.45) is 0 Å². The molecule has 0 saturated carbocycles. The normalized spacial score (nSPS) is 34.6. The quantitative estimate of drug-likeness (QED) is 0.572. The molecule has 0 spiro atoms. The van der Waals surface area contributed by atoms with E-state index in [1.54, 1.807) is 7.05 Å². The SMILES string of the molecule is CN1C[C@H](F)C[C@@H]1C(=O)O. The van der Waals surface area contributed by atoms with Crippen molar-refractivity contribution in [1.82, 2.24) is 4.90 Å². The summed E-state index contributed by atoms with van der Waals surface area (Å²) in [4.78, 5) is 11.9. The third-order valence-corrected chi connectivity index (χ3v) is 1.78. The molecule has 0 aromatic rings. The maximum absolute atomic E-state index is 12.5. The lowest BCUT2D eigenvalue weighted by Crippen LogP contribution is -2.32. The number of carboxylic acid groups (broad SMARTS) is 1. The molecule has 1 rings (SSSR count). The van der Waals surface area contributed by atoms with Crippen LogP contribution in [0.5, 0.6) is 0 Å². The van der Waals surface area contributed by atoms with E-state index >= 15 is 0 Å². The Morgan fingerprint density at radius 1 is 1.80 bits per heavy atom. The molecule has 0 unspecified atom stereocenters. The number of alkyl halides is 1. The predicted octanol–water partition coefficient (Wildman–Crippen LogP) is 0.113. The molecule has 3 nitrogen and oxygen atoms in total. The second kappa shape index (κ2) is 2.54. The number of aliphatic carboxylic acids is 1. The van der Waals surface area contributed by atoms with Crippen molar-refractivity contribution in [2.75, 3.05) is 13.6 Å². The van der Waals surface area contributed by atoms with Gasteiger partial charge in [0.2, 0.25) is 0 Å². The van der Waals surface area contributed by atoms with Crippen LogP contribution in [-0.4, -0.2) is 41.8 Å². The Morgan fingerprint density at radius 3 is 2.60 bits per heavy atom. The maximum Gasteiger partial charge on any atom is 0.321 e. The molecule has 58 valence electrons. The predicted molar refractivity (Wildman–Crippen MR) is 33.6 cm³/mol. The first-order valence-corrected chi connectivity index (χ1v) is 3.18. The van der Waals surface area contributed by atoms with E-state index in [-0.39, 0.29) is 13.0 Å². The van der Waals surface area contributed by atoms with Gasteiger partial charge in [-0.3, -0.25) is 9.69 Å². The lowest BCUT2D eigenvalue weighted by Gasteiger charge is -2.12. The van der Waals surface area contributed by atoms with Crippen LogP contribution in [0, 0.1) is 0 Å². The van der Waals surface area contributed by atoms with E-state index in [9.17, 15) is 9.18 Å². The van der Waals surface area contributed by atoms with E-state index < -0.39 is 18.2 Å². The number of halogens is 1. The van der Waals surface area contributed by atoms with Crippen LogP contribution in [0.2, 0.25) is 0 Å². The highest BCUT2D eigenvalue weighted by Gasteiger charge is 2.34. The third kappa shape index (κ3) is 1.26. The van der Waals surface area contributed by atoms with Crippen LogP contribution in [0.4, 0.5) is 4.39 Å². The van der Waals surface area contributed by atoms with Crippen LogP contribution in [-0.2, 0) is 4.79 Å². The smallest absolute Gasteiger partial charge is 0.321 e. The highest BCUT2D eigenvalue weighted by atomic mass is 19.1. The summed E-state index contributed by atoms with van der Waals surface area (Å²) in [6.07, 6.45) is -0.836. The fraction of sp³-hybridized carbons (Fsp3) is 0.833. The van der Waals surface area contributed by atoms with Crippen molar-refractivity contribution in [3.8, 4) is 0 Å². The zero-order valence-corrected chi connectivity index (χ0v) is 5.75. The molecule has 0 aromatic carbocycles. The zero-order valence-electron chi connectivity index (χ0n) is 5.75. The van der Waals surface area contributed by atoms with Crippen LogP contribution in [0.3, 0.4) is 0 Å². The molecule has 0 radical (unpaired) electrons. The van der Waals surface area contributed by atoms with Crippen molar-refractivity contribution in [3.63, 3.8) is 0 Å². The minimum Gasteiger partial charge on any atom is -0.480 e. The van der Waals surface area contributed by atoms with E-state index in [2.05, 4.69) is 0 Å². The van der Waals surface area contributed by atoms with Crippen LogP contribution >= 0.6 is 0 Å². The Kier molecular flexibility index (Phi) is 1.89. The minimum absolute atomic E-state index is 0.131. The number of likely N-dealkylation sites (tertiary alicyclic amines) is 1. The molecule has 0 aliphatic carbocycles. The first-order chi connectivity index (χ1) is 4.61. The molecule has 2 atom stereocenters. The first kappa shape index (κ1) is 7.47. The summed E-state index contributed by atoms with van der Waals surface area (Å²) in [5.41, 5.74) is 0. The number of carbonyl (C=O) groups is 1. The summed E-state index contributed by atoms with van der Waals surface area (Å²) >= 11 is 0. The molecule has 1 N–H and O–H groups in total. The van der Waals surface area contributed by atoms with Gasteiger partial charge in [-0.05, 0) is 7.05 Å². The Bertz CT molecular complexity index is 151. The van der Waals surface area contributed by atoms with Gasteiger partial charge in [-0.1, -0.05) is 0 Å². The van der Waals surface area contributed by atoms with Gasteiger partial charge in [-0.25, -0.2) is 4.39 Å². The van der Waals surface area contributed by atoms with Crippen LogP contribution in [0.25, 0.3) is 0 Å². The highest BCUT2D eigenvalue weighted by Crippen LogP contribution is 2.17. The molecule has 1 saturated heterocycles. The second-order valence-corrected chi connectivity index (χ2v) is 2.63.